The number of nitrogens with one attached hydrogen (secondary N) is 1. The van der Waals surface area contributed by atoms with Gasteiger partial charge < -0.3 is 5.32 Å². The summed E-state index contributed by atoms with van der Waals surface area (Å²) in [5, 5.41) is 3.17. The molecular weight excluding hydrogens is 266 g/mol. The SMILES string of the molecule is Cc1ccc(C(=O)NC2(CCl)CCC(C)CC2)s1. The Bertz CT molecular complexity index is 421. The lowest BCUT2D eigenvalue weighted by molar-refractivity contribution is 0.0876. The number of thiophene rings is 1. The van der Waals surface area contributed by atoms with Gasteiger partial charge in [0.15, 0.2) is 0 Å². The first kappa shape index (κ1) is 13.9. The molecule has 1 aliphatic rings. The molecule has 1 amide bonds. The molecule has 4 heteroatoms. The van der Waals surface area contributed by atoms with Gasteiger partial charge in [0.2, 0.25) is 0 Å². The summed E-state index contributed by atoms with van der Waals surface area (Å²) in [6.07, 6.45) is 4.29. The average Bonchev–Trinajstić information content (AvgIpc) is 2.79. The summed E-state index contributed by atoms with van der Waals surface area (Å²) in [5.74, 6) is 1.29. The van der Waals surface area contributed by atoms with E-state index in [0.717, 1.165) is 41.4 Å². The van der Waals surface area contributed by atoms with Crippen molar-refractivity contribution in [3.05, 3.63) is 21.9 Å². The highest BCUT2D eigenvalue weighted by molar-refractivity contribution is 7.13. The van der Waals surface area contributed by atoms with Gasteiger partial charge in [0.05, 0.1) is 10.4 Å². The Morgan fingerprint density at radius 3 is 2.67 bits per heavy atom. The molecule has 0 unspecified atom stereocenters. The highest BCUT2D eigenvalue weighted by atomic mass is 35.5. The molecule has 0 radical (unpaired) electrons. The van der Waals surface area contributed by atoms with Gasteiger partial charge in [0.1, 0.15) is 0 Å². The topological polar surface area (TPSA) is 29.1 Å². The molecule has 1 aromatic rings. The lowest BCUT2D eigenvalue weighted by atomic mass is 9.78. The molecule has 1 aromatic heterocycles. The van der Waals surface area contributed by atoms with Crippen molar-refractivity contribution in [3.8, 4) is 0 Å². The minimum atomic E-state index is -0.191. The fraction of sp³-hybridized carbons (Fsp3) is 0.643. The third-order valence-electron chi connectivity index (χ3n) is 3.83. The van der Waals surface area contributed by atoms with Crippen LogP contribution >= 0.6 is 22.9 Å². The van der Waals surface area contributed by atoms with Crippen molar-refractivity contribution in [1.29, 1.82) is 0 Å². The predicted molar refractivity (Wildman–Crippen MR) is 77.6 cm³/mol. The van der Waals surface area contributed by atoms with E-state index in [1.54, 1.807) is 0 Å². The van der Waals surface area contributed by atoms with E-state index in [9.17, 15) is 4.79 Å². The molecule has 1 fully saturated rings. The molecule has 0 spiro atoms. The Kier molecular flexibility index (Phi) is 4.33. The zero-order valence-electron chi connectivity index (χ0n) is 11.0. The van der Waals surface area contributed by atoms with Gasteiger partial charge in [-0.3, -0.25) is 4.79 Å². The summed E-state index contributed by atoms with van der Waals surface area (Å²) in [4.78, 5) is 14.2. The van der Waals surface area contributed by atoms with E-state index in [2.05, 4.69) is 12.2 Å². The minimum absolute atomic E-state index is 0.0308. The van der Waals surface area contributed by atoms with Crippen LogP contribution in [-0.4, -0.2) is 17.3 Å². The van der Waals surface area contributed by atoms with Gasteiger partial charge in [-0.25, -0.2) is 0 Å². The second-order valence-electron chi connectivity index (χ2n) is 5.46. The van der Waals surface area contributed by atoms with Crippen LogP contribution in [0.2, 0.25) is 0 Å². The Hall–Kier alpha value is -0.540. The fourth-order valence-electron chi connectivity index (χ4n) is 2.47. The van der Waals surface area contributed by atoms with Crippen LogP contribution in [0.1, 0.15) is 47.2 Å². The first-order valence-electron chi connectivity index (χ1n) is 6.49. The van der Waals surface area contributed by atoms with E-state index in [4.69, 9.17) is 11.6 Å². The van der Waals surface area contributed by atoms with E-state index in [1.165, 1.54) is 11.3 Å². The van der Waals surface area contributed by atoms with Crippen molar-refractivity contribution < 1.29 is 4.79 Å². The van der Waals surface area contributed by atoms with Crippen LogP contribution in [0.5, 0.6) is 0 Å². The molecule has 2 rings (SSSR count). The van der Waals surface area contributed by atoms with Gasteiger partial charge in [-0.05, 0) is 50.7 Å². The van der Waals surface area contributed by atoms with E-state index in [-0.39, 0.29) is 11.4 Å². The van der Waals surface area contributed by atoms with Gasteiger partial charge >= 0.3 is 0 Å². The van der Waals surface area contributed by atoms with Crippen molar-refractivity contribution in [3.63, 3.8) is 0 Å². The van der Waals surface area contributed by atoms with Crippen molar-refractivity contribution in [2.75, 3.05) is 5.88 Å². The molecular formula is C14H20ClNOS. The molecule has 100 valence electrons. The summed E-state index contributed by atoms with van der Waals surface area (Å²) in [7, 11) is 0. The molecule has 2 nitrogen and oxygen atoms in total. The largest absolute Gasteiger partial charge is 0.345 e. The number of amides is 1. The number of rotatable bonds is 3. The number of carbonyl (C=O) groups excluding carboxylic acids is 1. The monoisotopic (exact) mass is 285 g/mol. The zero-order chi connectivity index (χ0) is 13.2. The molecule has 0 atom stereocenters. The van der Waals surface area contributed by atoms with Gasteiger partial charge in [-0.15, -0.1) is 22.9 Å². The number of halogens is 1. The summed E-state index contributed by atoms with van der Waals surface area (Å²) < 4.78 is 0. The van der Waals surface area contributed by atoms with Crippen LogP contribution in [0.25, 0.3) is 0 Å². The Morgan fingerprint density at radius 1 is 1.50 bits per heavy atom. The normalized spacial score (nSPS) is 28.1. The molecule has 0 saturated heterocycles. The summed E-state index contributed by atoms with van der Waals surface area (Å²) in [5.41, 5.74) is -0.191. The Balaban J connectivity index is 2.04. The third-order valence-corrected chi connectivity index (χ3v) is 5.34. The highest BCUT2D eigenvalue weighted by Gasteiger charge is 2.35. The van der Waals surface area contributed by atoms with E-state index < -0.39 is 0 Å². The maximum atomic E-state index is 12.2. The zero-order valence-corrected chi connectivity index (χ0v) is 12.5. The molecule has 1 heterocycles. The van der Waals surface area contributed by atoms with Crippen molar-refractivity contribution in [2.45, 2.75) is 45.1 Å². The summed E-state index contributed by atoms with van der Waals surface area (Å²) in [6.45, 7) is 4.28. The second kappa shape index (κ2) is 5.62. The summed E-state index contributed by atoms with van der Waals surface area (Å²) in [6, 6.07) is 3.87. The molecule has 1 aliphatic carbocycles. The lowest BCUT2D eigenvalue weighted by Crippen LogP contribution is -2.52. The fourth-order valence-corrected chi connectivity index (χ4v) is 3.56. The van der Waals surface area contributed by atoms with Crippen LogP contribution in [-0.2, 0) is 0 Å². The van der Waals surface area contributed by atoms with Gasteiger partial charge in [0.25, 0.3) is 5.91 Å². The van der Waals surface area contributed by atoms with E-state index >= 15 is 0 Å². The van der Waals surface area contributed by atoms with Gasteiger partial charge in [-0.2, -0.15) is 0 Å². The van der Waals surface area contributed by atoms with Crippen LogP contribution in [0, 0.1) is 12.8 Å². The van der Waals surface area contributed by atoms with Crippen LogP contribution in [0.15, 0.2) is 12.1 Å². The number of carbonyl (C=O) groups is 1. The third kappa shape index (κ3) is 3.07. The number of hydrogen-bond acceptors (Lipinski definition) is 2. The minimum Gasteiger partial charge on any atom is -0.345 e. The van der Waals surface area contributed by atoms with Gasteiger partial charge in [0, 0.05) is 10.8 Å². The smallest absolute Gasteiger partial charge is 0.261 e. The Morgan fingerprint density at radius 2 is 2.17 bits per heavy atom. The molecule has 0 aliphatic heterocycles. The van der Waals surface area contributed by atoms with Gasteiger partial charge in [-0.1, -0.05) is 6.92 Å². The van der Waals surface area contributed by atoms with Crippen LogP contribution in [0.3, 0.4) is 0 Å². The molecule has 1 N–H and O–H groups in total. The van der Waals surface area contributed by atoms with E-state index in [0.29, 0.717) is 5.88 Å². The van der Waals surface area contributed by atoms with Crippen LogP contribution < -0.4 is 5.32 Å². The van der Waals surface area contributed by atoms with Crippen molar-refractivity contribution in [1.82, 2.24) is 5.32 Å². The van der Waals surface area contributed by atoms with Crippen molar-refractivity contribution in [2.24, 2.45) is 5.92 Å². The van der Waals surface area contributed by atoms with Crippen molar-refractivity contribution >= 4 is 28.8 Å². The molecule has 0 bridgehead atoms. The highest BCUT2D eigenvalue weighted by Crippen LogP contribution is 2.33. The molecule has 0 aromatic carbocycles. The first-order valence-corrected chi connectivity index (χ1v) is 7.85. The quantitative estimate of drug-likeness (QED) is 0.837. The molecule has 18 heavy (non-hydrogen) atoms. The number of aryl methyl sites for hydroxylation is 1. The second-order valence-corrected chi connectivity index (χ2v) is 7.02. The maximum Gasteiger partial charge on any atom is 0.261 e. The standard InChI is InChI=1S/C14H20ClNOS/c1-10-5-7-14(9-15,8-6-10)16-13(17)12-4-3-11(2)18-12/h3-4,10H,5-9H2,1-2H3,(H,16,17). The predicted octanol–water partition coefficient (Wildman–Crippen LogP) is 3.97. The number of hydrogen-bond donors (Lipinski definition) is 1. The average molecular weight is 286 g/mol. The summed E-state index contributed by atoms with van der Waals surface area (Å²) >= 11 is 7.65. The van der Waals surface area contributed by atoms with Crippen LogP contribution in [0.4, 0.5) is 0 Å². The first-order chi connectivity index (χ1) is 8.54. The van der Waals surface area contributed by atoms with E-state index in [1.807, 2.05) is 19.1 Å². The Labute approximate surface area is 118 Å². The number of alkyl halides is 1. The lowest BCUT2D eigenvalue weighted by Gasteiger charge is -2.38. The molecule has 1 saturated carbocycles. The maximum absolute atomic E-state index is 12.2.